The number of aryl methyl sites for hydroxylation is 1. The van der Waals surface area contributed by atoms with E-state index < -0.39 is 0 Å². The number of benzene rings is 3. The van der Waals surface area contributed by atoms with E-state index in [-0.39, 0.29) is 0 Å². The average molecular weight is 272 g/mol. The van der Waals surface area contributed by atoms with Gasteiger partial charge in [0.1, 0.15) is 5.82 Å². The highest BCUT2D eigenvalue weighted by Gasteiger charge is 2.05. The largest absolute Gasteiger partial charge is 0.342 e. The summed E-state index contributed by atoms with van der Waals surface area (Å²) >= 11 is 0. The summed E-state index contributed by atoms with van der Waals surface area (Å²) in [5.41, 5.74) is 4.71. The van der Waals surface area contributed by atoms with Crippen LogP contribution in [0.2, 0.25) is 0 Å². The molecule has 4 rings (SSSR count). The lowest BCUT2D eigenvalue weighted by Gasteiger charge is -1.98. The van der Waals surface area contributed by atoms with Gasteiger partial charge < -0.3 is 4.98 Å². The van der Waals surface area contributed by atoms with Crippen molar-refractivity contribution >= 4 is 21.8 Å². The van der Waals surface area contributed by atoms with Crippen LogP contribution in [0.15, 0.2) is 60.7 Å². The Labute approximate surface area is 123 Å². The van der Waals surface area contributed by atoms with E-state index in [1.54, 1.807) is 0 Å². The van der Waals surface area contributed by atoms with Gasteiger partial charge in [-0.2, -0.15) is 0 Å². The number of H-pyrrole nitrogens is 1. The Morgan fingerprint density at radius 1 is 0.905 bits per heavy atom. The minimum Gasteiger partial charge on any atom is -0.342 e. The number of hydrogen-bond acceptors (Lipinski definition) is 1. The maximum Gasteiger partial charge on any atom is 0.111 e. The lowest BCUT2D eigenvalue weighted by Crippen LogP contribution is -1.90. The molecule has 2 nitrogen and oxygen atoms in total. The number of imidazole rings is 1. The molecule has 0 atom stereocenters. The van der Waals surface area contributed by atoms with Gasteiger partial charge in [0.05, 0.1) is 11.0 Å². The third kappa shape index (κ3) is 2.29. The summed E-state index contributed by atoms with van der Waals surface area (Å²) in [6.07, 6.45) is 0.839. The number of fused-ring (bicyclic) bond motifs is 2. The van der Waals surface area contributed by atoms with Crippen LogP contribution in [0.5, 0.6) is 0 Å². The first kappa shape index (κ1) is 12.2. The third-order valence-electron chi connectivity index (χ3n) is 3.89. The number of nitrogens with zero attached hydrogens (tertiary/aromatic N) is 1. The van der Waals surface area contributed by atoms with E-state index >= 15 is 0 Å². The van der Waals surface area contributed by atoms with Crippen LogP contribution in [0.4, 0.5) is 0 Å². The minimum atomic E-state index is 0.839. The van der Waals surface area contributed by atoms with Gasteiger partial charge in [-0.05, 0) is 35.4 Å². The molecule has 0 spiro atoms. The summed E-state index contributed by atoms with van der Waals surface area (Å²) in [5, 5.41) is 2.48. The van der Waals surface area contributed by atoms with Crippen LogP contribution >= 0.6 is 0 Å². The number of rotatable bonds is 2. The minimum absolute atomic E-state index is 0.839. The monoisotopic (exact) mass is 272 g/mol. The summed E-state index contributed by atoms with van der Waals surface area (Å²) in [6.45, 7) is 2.11. The van der Waals surface area contributed by atoms with Crippen molar-refractivity contribution in [3.63, 3.8) is 0 Å². The van der Waals surface area contributed by atoms with Gasteiger partial charge in [0.25, 0.3) is 0 Å². The molecule has 0 saturated heterocycles. The molecule has 3 aromatic carbocycles. The zero-order valence-electron chi connectivity index (χ0n) is 11.9. The summed E-state index contributed by atoms with van der Waals surface area (Å²) in [5.74, 6) is 1.02. The second kappa shape index (κ2) is 4.74. The van der Waals surface area contributed by atoms with Gasteiger partial charge in [-0.1, -0.05) is 54.1 Å². The summed E-state index contributed by atoms with van der Waals surface area (Å²) in [4.78, 5) is 8.16. The van der Waals surface area contributed by atoms with Gasteiger partial charge in [-0.15, -0.1) is 0 Å². The zero-order chi connectivity index (χ0) is 14.2. The first-order chi connectivity index (χ1) is 10.3. The summed E-state index contributed by atoms with van der Waals surface area (Å²) < 4.78 is 0. The maximum absolute atomic E-state index is 4.73. The summed E-state index contributed by atoms with van der Waals surface area (Å²) in [7, 11) is 0. The first-order valence-electron chi connectivity index (χ1n) is 7.21. The predicted octanol–water partition coefficient (Wildman–Crippen LogP) is 4.62. The number of nitrogens with one attached hydrogen (secondary N) is 1. The molecule has 0 radical (unpaired) electrons. The molecule has 0 aliphatic carbocycles. The highest BCUT2D eigenvalue weighted by Crippen LogP contribution is 2.21. The summed E-state index contributed by atoms with van der Waals surface area (Å²) in [6, 6.07) is 21.3. The number of hydrogen-bond donors (Lipinski definition) is 1. The SMILES string of the molecule is Cc1ccc(Cc2nc3cc4ccccc4cc3[nH]2)cc1. The molecule has 0 saturated carbocycles. The van der Waals surface area contributed by atoms with Gasteiger partial charge in [-0.25, -0.2) is 4.98 Å². The molecular weight excluding hydrogens is 256 g/mol. The Balaban J connectivity index is 1.76. The Hall–Kier alpha value is -2.61. The molecule has 2 heteroatoms. The standard InChI is InChI=1S/C19H16N2/c1-13-6-8-14(9-7-13)10-19-20-17-11-15-4-2-3-5-16(15)12-18(17)21-19/h2-9,11-12H,10H2,1H3,(H,20,21). The first-order valence-corrected chi connectivity index (χ1v) is 7.21. The average Bonchev–Trinajstić information content (AvgIpc) is 2.88. The van der Waals surface area contributed by atoms with Gasteiger partial charge in [0.15, 0.2) is 0 Å². The van der Waals surface area contributed by atoms with E-state index in [0.29, 0.717) is 0 Å². The van der Waals surface area contributed by atoms with Crippen molar-refractivity contribution in [3.05, 3.63) is 77.6 Å². The van der Waals surface area contributed by atoms with Crippen LogP contribution in [0, 0.1) is 6.92 Å². The van der Waals surface area contributed by atoms with E-state index in [1.807, 2.05) is 0 Å². The van der Waals surface area contributed by atoms with Crippen molar-refractivity contribution in [3.8, 4) is 0 Å². The van der Waals surface area contributed by atoms with E-state index in [1.165, 1.54) is 21.9 Å². The molecule has 0 unspecified atom stereocenters. The van der Waals surface area contributed by atoms with Crippen molar-refractivity contribution < 1.29 is 0 Å². The van der Waals surface area contributed by atoms with Crippen LogP contribution in [0.25, 0.3) is 21.8 Å². The Morgan fingerprint density at radius 3 is 2.38 bits per heavy atom. The highest BCUT2D eigenvalue weighted by molar-refractivity contribution is 5.95. The molecule has 0 amide bonds. The van der Waals surface area contributed by atoms with Crippen molar-refractivity contribution in [1.29, 1.82) is 0 Å². The normalized spacial score (nSPS) is 11.3. The van der Waals surface area contributed by atoms with Crippen molar-refractivity contribution in [2.75, 3.05) is 0 Å². The van der Waals surface area contributed by atoms with Crippen molar-refractivity contribution in [2.45, 2.75) is 13.3 Å². The van der Waals surface area contributed by atoms with E-state index in [4.69, 9.17) is 4.98 Å². The molecule has 0 aliphatic rings. The van der Waals surface area contributed by atoms with Crippen LogP contribution in [0.1, 0.15) is 17.0 Å². The third-order valence-corrected chi connectivity index (χ3v) is 3.89. The zero-order valence-corrected chi connectivity index (χ0v) is 11.9. The smallest absolute Gasteiger partial charge is 0.111 e. The Bertz CT molecular complexity index is 865. The number of aromatic amines is 1. The van der Waals surface area contributed by atoms with Crippen LogP contribution in [-0.4, -0.2) is 9.97 Å². The van der Waals surface area contributed by atoms with Crippen molar-refractivity contribution in [2.24, 2.45) is 0 Å². The number of aromatic nitrogens is 2. The molecule has 1 heterocycles. The van der Waals surface area contributed by atoms with E-state index in [2.05, 4.69) is 72.6 Å². The lowest BCUT2D eigenvalue weighted by molar-refractivity contribution is 1.04. The van der Waals surface area contributed by atoms with Gasteiger partial charge in [0.2, 0.25) is 0 Å². The quantitative estimate of drug-likeness (QED) is 0.567. The maximum atomic E-state index is 4.73. The van der Waals surface area contributed by atoms with Crippen molar-refractivity contribution in [1.82, 2.24) is 9.97 Å². The second-order valence-corrected chi connectivity index (χ2v) is 5.56. The Kier molecular flexibility index (Phi) is 2.74. The molecule has 0 aliphatic heterocycles. The van der Waals surface area contributed by atoms with Crippen LogP contribution in [0.3, 0.4) is 0 Å². The fourth-order valence-corrected chi connectivity index (χ4v) is 2.73. The molecule has 0 bridgehead atoms. The molecular formula is C19H16N2. The van der Waals surface area contributed by atoms with Gasteiger partial charge >= 0.3 is 0 Å². The molecule has 4 aromatic rings. The van der Waals surface area contributed by atoms with Crippen LogP contribution < -0.4 is 0 Å². The topological polar surface area (TPSA) is 28.7 Å². The Morgan fingerprint density at radius 2 is 1.62 bits per heavy atom. The second-order valence-electron chi connectivity index (χ2n) is 5.56. The van der Waals surface area contributed by atoms with E-state index in [0.717, 1.165) is 23.3 Å². The van der Waals surface area contributed by atoms with Crippen LogP contribution in [-0.2, 0) is 6.42 Å². The predicted molar refractivity (Wildman–Crippen MR) is 87.6 cm³/mol. The highest BCUT2D eigenvalue weighted by atomic mass is 14.9. The molecule has 0 fully saturated rings. The molecule has 1 N–H and O–H groups in total. The van der Waals surface area contributed by atoms with E-state index in [9.17, 15) is 0 Å². The fraction of sp³-hybridized carbons (Fsp3) is 0.105. The lowest BCUT2D eigenvalue weighted by atomic mass is 10.1. The van der Waals surface area contributed by atoms with Gasteiger partial charge in [-0.3, -0.25) is 0 Å². The molecule has 102 valence electrons. The fourth-order valence-electron chi connectivity index (χ4n) is 2.73. The molecule has 21 heavy (non-hydrogen) atoms. The van der Waals surface area contributed by atoms with Gasteiger partial charge in [0, 0.05) is 6.42 Å². The molecule has 1 aromatic heterocycles.